The fourth-order valence-electron chi connectivity index (χ4n) is 1.98. The van der Waals surface area contributed by atoms with Gasteiger partial charge in [0.05, 0.1) is 6.10 Å². The highest BCUT2D eigenvalue weighted by molar-refractivity contribution is 5.84. The van der Waals surface area contributed by atoms with E-state index in [4.69, 9.17) is 4.74 Å². The molecular weight excluding hydrogens is 282 g/mol. The third-order valence-electron chi connectivity index (χ3n) is 3.28. The molecule has 5 nitrogen and oxygen atoms in total. The lowest BCUT2D eigenvalue weighted by molar-refractivity contribution is -0.152. The van der Waals surface area contributed by atoms with Crippen LogP contribution < -0.4 is 5.32 Å². The fourth-order valence-corrected chi connectivity index (χ4v) is 1.98. The topological polar surface area (TPSA) is 75.6 Å². The van der Waals surface area contributed by atoms with Crippen LogP contribution >= 0.6 is 0 Å². The first-order valence-corrected chi connectivity index (χ1v) is 7.72. The smallest absolute Gasteiger partial charge is 0.331 e. The number of esters is 1. The highest BCUT2D eigenvalue weighted by atomic mass is 16.5. The van der Waals surface area contributed by atoms with Gasteiger partial charge in [0.15, 0.2) is 6.04 Å². The van der Waals surface area contributed by atoms with Crippen LogP contribution in [0.25, 0.3) is 0 Å². The fraction of sp³-hybridized carbons (Fsp3) is 0.529. The third-order valence-corrected chi connectivity index (χ3v) is 3.28. The Morgan fingerprint density at radius 3 is 2.50 bits per heavy atom. The minimum absolute atomic E-state index is 0.120. The van der Waals surface area contributed by atoms with Gasteiger partial charge in [0.2, 0.25) is 5.91 Å². The summed E-state index contributed by atoms with van der Waals surface area (Å²) >= 11 is 0. The molecule has 0 fully saturated rings. The van der Waals surface area contributed by atoms with Gasteiger partial charge in [-0.2, -0.15) is 0 Å². The van der Waals surface area contributed by atoms with E-state index in [-0.39, 0.29) is 12.5 Å². The Hall–Kier alpha value is -1.88. The van der Waals surface area contributed by atoms with E-state index in [1.54, 1.807) is 0 Å². The van der Waals surface area contributed by atoms with E-state index < -0.39 is 18.1 Å². The number of hydrogen-bond acceptors (Lipinski definition) is 4. The highest BCUT2D eigenvalue weighted by Gasteiger charge is 2.26. The molecule has 1 rings (SSSR count). The first-order valence-electron chi connectivity index (χ1n) is 7.72. The first kappa shape index (κ1) is 18.2. The van der Waals surface area contributed by atoms with Crippen LogP contribution in [0, 0.1) is 0 Å². The summed E-state index contributed by atoms with van der Waals surface area (Å²) in [5, 5.41) is 12.2. The Morgan fingerprint density at radius 1 is 1.23 bits per heavy atom. The van der Waals surface area contributed by atoms with E-state index in [9.17, 15) is 14.7 Å². The number of carbonyl (C=O) groups excluding carboxylic acids is 2. The molecule has 1 aromatic carbocycles. The van der Waals surface area contributed by atoms with Crippen LogP contribution in [0.4, 0.5) is 0 Å². The quantitative estimate of drug-likeness (QED) is 0.541. The molecule has 22 heavy (non-hydrogen) atoms. The summed E-state index contributed by atoms with van der Waals surface area (Å²) in [7, 11) is 0. The average Bonchev–Trinajstić information content (AvgIpc) is 2.51. The zero-order valence-electron chi connectivity index (χ0n) is 13.2. The monoisotopic (exact) mass is 307 g/mol. The maximum atomic E-state index is 12.0. The summed E-state index contributed by atoms with van der Waals surface area (Å²) in [5.74, 6) is -0.862. The van der Waals surface area contributed by atoms with Gasteiger partial charge in [-0.05, 0) is 18.9 Å². The Balaban J connectivity index is 2.47. The number of ether oxygens (including phenoxy) is 1. The summed E-state index contributed by atoms with van der Waals surface area (Å²) in [6.07, 6.45) is 2.10. The molecule has 122 valence electrons. The van der Waals surface area contributed by atoms with Crippen molar-refractivity contribution in [2.45, 2.75) is 58.3 Å². The molecule has 0 aliphatic heterocycles. The second kappa shape index (κ2) is 9.95. The lowest BCUT2D eigenvalue weighted by Crippen LogP contribution is -2.48. The van der Waals surface area contributed by atoms with Gasteiger partial charge in [-0.1, -0.05) is 50.1 Å². The summed E-state index contributed by atoms with van der Waals surface area (Å²) in [4.78, 5) is 23.8. The summed E-state index contributed by atoms with van der Waals surface area (Å²) in [5.41, 5.74) is 0.856. The number of hydrogen-bond donors (Lipinski definition) is 2. The van der Waals surface area contributed by atoms with Crippen molar-refractivity contribution in [1.29, 1.82) is 0 Å². The molecule has 0 heterocycles. The summed E-state index contributed by atoms with van der Waals surface area (Å²) < 4.78 is 5.16. The minimum Gasteiger partial charge on any atom is -0.459 e. The number of nitrogens with one attached hydrogen (secondary N) is 1. The predicted molar refractivity (Wildman–Crippen MR) is 84.0 cm³/mol. The summed E-state index contributed by atoms with van der Waals surface area (Å²) in [6.45, 7) is 3.63. The van der Waals surface area contributed by atoms with Gasteiger partial charge in [-0.15, -0.1) is 0 Å². The Kier molecular flexibility index (Phi) is 8.22. The Bertz CT molecular complexity index is 459. The van der Waals surface area contributed by atoms with Crippen LogP contribution in [0.2, 0.25) is 0 Å². The van der Waals surface area contributed by atoms with Crippen molar-refractivity contribution in [2.75, 3.05) is 0 Å². The maximum Gasteiger partial charge on any atom is 0.331 e. The molecule has 2 N–H and O–H groups in total. The van der Waals surface area contributed by atoms with Crippen molar-refractivity contribution in [3.63, 3.8) is 0 Å². The molecule has 0 unspecified atom stereocenters. The predicted octanol–water partition coefficient (Wildman–Crippen LogP) is 2.18. The normalized spacial score (nSPS) is 13.2. The van der Waals surface area contributed by atoms with E-state index in [2.05, 4.69) is 12.2 Å². The van der Waals surface area contributed by atoms with Crippen molar-refractivity contribution in [3.05, 3.63) is 35.9 Å². The van der Waals surface area contributed by atoms with Gasteiger partial charge in [0, 0.05) is 6.42 Å². The van der Waals surface area contributed by atoms with E-state index in [1.165, 1.54) is 6.92 Å². The minimum atomic E-state index is -1.03. The number of aliphatic hydroxyl groups excluding tert-OH is 1. The van der Waals surface area contributed by atoms with Gasteiger partial charge < -0.3 is 15.2 Å². The second-order valence-corrected chi connectivity index (χ2v) is 5.34. The molecule has 0 aliphatic rings. The van der Waals surface area contributed by atoms with Crippen molar-refractivity contribution in [3.8, 4) is 0 Å². The first-order chi connectivity index (χ1) is 10.5. The molecule has 1 aromatic rings. The van der Waals surface area contributed by atoms with Crippen molar-refractivity contribution in [1.82, 2.24) is 5.32 Å². The number of benzene rings is 1. The van der Waals surface area contributed by atoms with E-state index in [0.29, 0.717) is 6.42 Å². The number of carbonyl (C=O) groups is 2. The van der Waals surface area contributed by atoms with E-state index >= 15 is 0 Å². The zero-order valence-corrected chi connectivity index (χ0v) is 13.2. The van der Waals surface area contributed by atoms with Gasteiger partial charge in [-0.25, -0.2) is 4.79 Å². The largest absolute Gasteiger partial charge is 0.459 e. The maximum absolute atomic E-state index is 12.0. The Morgan fingerprint density at radius 2 is 1.91 bits per heavy atom. The molecule has 1 amide bonds. The van der Waals surface area contributed by atoms with Gasteiger partial charge in [0.25, 0.3) is 0 Å². The highest BCUT2D eigenvalue weighted by Crippen LogP contribution is 2.05. The van der Waals surface area contributed by atoms with Crippen LogP contribution in [0.1, 0.15) is 45.1 Å². The molecule has 0 bridgehead atoms. The van der Waals surface area contributed by atoms with Crippen molar-refractivity contribution < 1.29 is 19.4 Å². The number of unbranched alkanes of at least 4 members (excludes halogenated alkanes) is 2. The van der Waals surface area contributed by atoms with Crippen LogP contribution in [0.3, 0.4) is 0 Å². The average molecular weight is 307 g/mol. The van der Waals surface area contributed by atoms with Crippen LogP contribution in [-0.2, 0) is 20.9 Å². The summed E-state index contributed by atoms with van der Waals surface area (Å²) in [6, 6.07) is 8.23. The van der Waals surface area contributed by atoms with Crippen LogP contribution in [-0.4, -0.2) is 29.1 Å². The van der Waals surface area contributed by atoms with E-state index in [0.717, 1.165) is 24.8 Å². The molecular formula is C17H25NO4. The van der Waals surface area contributed by atoms with Crippen molar-refractivity contribution in [2.24, 2.45) is 0 Å². The number of aliphatic hydroxyl groups is 1. The lowest BCUT2D eigenvalue weighted by Gasteiger charge is -2.20. The lowest BCUT2D eigenvalue weighted by atomic mass is 10.1. The zero-order chi connectivity index (χ0) is 16.4. The van der Waals surface area contributed by atoms with Gasteiger partial charge >= 0.3 is 5.97 Å². The molecule has 0 radical (unpaired) electrons. The molecule has 0 aromatic heterocycles. The standard InChI is InChI=1S/C17H25NO4/c1-3-4-6-11-15(20)18-16(13(2)19)17(21)22-12-14-9-7-5-8-10-14/h5,7-10,13,16,19H,3-4,6,11-12H2,1-2H3,(H,18,20)/t13-,16+/m1/s1. The number of rotatable bonds is 9. The molecule has 0 saturated carbocycles. The SMILES string of the molecule is CCCCCC(=O)N[C@H](C(=O)OCc1ccccc1)[C@@H](C)O. The molecule has 0 aliphatic carbocycles. The molecule has 5 heteroatoms. The third kappa shape index (κ3) is 6.72. The molecule has 0 spiro atoms. The Labute approximate surface area is 131 Å². The number of amides is 1. The molecule has 2 atom stereocenters. The second-order valence-electron chi connectivity index (χ2n) is 5.34. The van der Waals surface area contributed by atoms with E-state index in [1.807, 2.05) is 30.3 Å². The van der Waals surface area contributed by atoms with Gasteiger partial charge in [-0.3, -0.25) is 4.79 Å². The van der Waals surface area contributed by atoms with Gasteiger partial charge in [0.1, 0.15) is 6.61 Å². The van der Waals surface area contributed by atoms with Crippen LogP contribution in [0.15, 0.2) is 30.3 Å². The molecule has 0 saturated heterocycles. The van der Waals surface area contributed by atoms with Crippen molar-refractivity contribution >= 4 is 11.9 Å². The van der Waals surface area contributed by atoms with Crippen LogP contribution in [0.5, 0.6) is 0 Å².